The molecule has 0 atom stereocenters. The molecule has 0 saturated carbocycles. The van der Waals surface area contributed by atoms with Gasteiger partial charge in [-0.1, -0.05) is 66.7 Å². The Balaban J connectivity index is 1.29. The maximum absolute atomic E-state index is 12.8. The zero-order chi connectivity index (χ0) is 26.2. The predicted octanol–water partition coefficient (Wildman–Crippen LogP) is 6.53. The number of hydrogen-bond acceptors (Lipinski definition) is 5. The maximum Gasteiger partial charge on any atom is 0.492 e. The Hall–Kier alpha value is -3.00. The molecule has 3 aromatic carbocycles. The third kappa shape index (κ3) is 5.21. The molecule has 1 fully saturated rings. The van der Waals surface area contributed by atoms with Gasteiger partial charge in [0.1, 0.15) is 6.61 Å². The highest BCUT2D eigenvalue weighted by Gasteiger charge is 2.52. The van der Waals surface area contributed by atoms with E-state index >= 15 is 0 Å². The van der Waals surface area contributed by atoms with Gasteiger partial charge in [-0.15, -0.1) is 12.6 Å². The van der Waals surface area contributed by atoms with Gasteiger partial charge in [0.15, 0.2) is 0 Å². The molecule has 5 nitrogen and oxygen atoms in total. The molecule has 1 aliphatic heterocycles. The summed E-state index contributed by atoms with van der Waals surface area (Å²) in [4.78, 5) is 13.7. The Bertz CT molecular complexity index is 1270. The molecule has 1 heterocycles. The van der Waals surface area contributed by atoms with Crippen molar-refractivity contribution >= 4 is 31.9 Å². The standard InChI is InChI=1S/C30H32BNO4S/c1-29(2)30(3,4)36-31(35-29)21(17-20-13-15-22(37)16-14-20)18-32-28(33)34-19-27-25-11-7-5-9-23(25)24-10-6-8-12-26(24)27/h5-17,27,37H,18-19H2,1-4H3,(H,32,33). The summed E-state index contributed by atoms with van der Waals surface area (Å²) in [6.07, 6.45) is 1.51. The number of fused-ring (bicyclic) bond motifs is 3. The van der Waals surface area contributed by atoms with Crippen molar-refractivity contribution < 1.29 is 18.8 Å². The lowest BCUT2D eigenvalue weighted by Gasteiger charge is -2.32. The monoisotopic (exact) mass is 513 g/mol. The lowest BCUT2D eigenvalue weighted by molar-refractivity contribution is 0.00578. The number of carbonyl (C=O) groups excluding carboxylic acids is 1. The van der Waals surface area contributed by atoms with Crippen molar-refractivity contribution in [2.24, 2.45) is 0 Å². The molecule has 37 heavy (non-hydrogen) atoms. The van der Waals surface area contributed by atoms with Crippen LogP contribution < -0.4 is 5.32 Å². The lowest BCUT2D eigenvalue weighted by atomic mass is 9.77. The first-order valence-corrected chi connectivity index (χ1v) is 13.0. The van der Waals surface area contributed by atoms with Crippen LogP contribution in [0.5, 0.6) is 0 Å². The van der Waals surface area contributed by atoms with Gasteiger partial charge in [-0.05, 0) is 73.1 Å². The highest BCUT2D eigenvalue weighted by molar-refractivity contribution is 7.80. The van der Waals surface area contributed by atoms with E-state index in [2.05, 4.69) is 42.2 Å². The SMILES string of the molecule is CC1(C)OB(C(=Cc2ccc(S)cc2)CNC(=O)OCC2c3ccccc3-c3ccccc32)OC1(C)C. The minimum absolute atomic E-state index is 0.0102. The van der Waals surface area contributed by atoms with Crippen LogP contribution >= 0.6 is 12.6 Å². The van der Waals surface area contributed by atoms with Crippen LogP contribution in [0.1, 0.15) is 50.3 Å². The fourth-order valence-electron chi connectivity index (χ4n) is 4.81. The fraction of sp³-hybridized carbons (Fsp3) is 0.300. The summed E-state index contributed by atoms with van der Waals surface area (Å²) >= 11 is 4.38. The molecule has 7 heteroatoms. The third-order valence-corrected chi connectivity index (χ3v) is 7.88. The van der Waals surface area contributed by atoms with Crippen molar-refractivity contribution in [1.82, 2.24) is 5.32 Å². The first-order valence-electron chi connectivity index (χ1n) is 12.6. The molecule has 0 radical (unpaired) electrons. The van der Waals surface area contributed by atoms with E-state index in [1.807, 2.05) is 82.3 Å². The van der Waals surface area contributed by atoms with Crippen LogP contribution in [0.4, 0.5) is 4.79 Å². The Morgan fingerprint density at radius 3 is 2.03 bits per heavy atom. The van der Waals surface area contributed by atoms with Crippen molar-refractivity contribution in [1.29, 1.82) is 0 Å². The second kappa shape index (κ2) is 10.0. The van der Waals surface area contributed by atoms with Crippen LogP contribution in [0.3, 0.4) is 0 Å². The number of ether oxygens (including phenoxy) is 1. The van der Waals surface area contributed by atoms with Crippen molar-refractivity contribution in [3.05, 3.63) is 95.0 Å². The van der Waals surface area contributed by atoms with Crippen LogP contribution in [0.25, 0.3) is 17.2 Å². The van der Waals surface area contributed by atoms with Gasteiger partial charge in [0.2, 0.25) is 0 Å². The normalized spacial score (nSPS) is 17.9. The van der Waals surface area contributed by atoms with Crippen LogP contribution in [-0.4, -0.2) is 37.6 Å². The number of rotatable bonds is 6. The van der Waals surface area contributed by atoms with Gasteiger partial charge in [-0.25, -0.2) is 4.79 Å². The average Bonchev–Trinajstić information content (AvgIpc) is 3.30. The molecule has 2 aliphatic rings. The first-order chi connectivity index (χ1) is 17.6. The van der Waals surface area contributed by atoms with Crippen LogP contribution in [0, 0.1) is 0 Å². The molecular formula is C30H32BNO4S. The van der Waals surface area contributed by atoms with Crippen molar-refractivity contribution in [2.75, 3.05) is 13.2 Å². The number of amides is 1. The second-order valence-corrected chi connectivity index (χ2v) is 11.1. The summed E-state index contributed by atoms with van der Waals surface area (Å²) in [6.45, 7) is 8.55. The molecule has 1 aliphatic carbocycles. The van der Waals surface area contributed by atoms with Gasteiger partial charge in [0.05, 0.1) is 11.2 Å². The zero-order valence-corrected chi connectivity index (χ0v) is 22.5. The van der Waals surface area contributed by atoms with Crippen LogP contribution in [0.15, 0.2) is 83.2 Å². The molecular weight excluding hydrogens is 481 g/mol. The molecule has 0 aromatic heterocycles. The molecule has 0 spiro atoms. The molecule has 3 aromatic rings. The quantitative estimate of drug-likeness (QED) is 0.291. The maximum atomic E-state index is 12.8. The lowest BCUT2D eigenvalue weighted by Crippen LogP contribution is -2.41. The first kappa shape index (κ1) is 25.6. The number of hydrogen-bond donors (Lipinski definition) is 2. The van der Waals surface area contributed by atoms with Crippen LogP contribution in [0.2, 0.25) is 0 Å². The van der Waals surface area contributed by atoms with Crippen molar-refractivity contribution in [3.8, 4) is 11.1 Å². The number of nitrogens with one attached hydrogen (secondary N) is 1. The Kier molecular flexibility index (Phi) is 6.96. The van der Waals surface area contributed by atoms with Crippen molar-refractivity contribution in [2.45, 2.75) is 49.7 Å². The van der Waals surface area contributed by atoms with E-state index in [0.29, 0.717) is 0 Å². The smallest absolute Gasteiger partial charge is 0.449 e. The Morgan fingerprint density at radius 1 is 0.919 bits per heavy atom. The molecule has 190 valence electrons. The largest absolute Gasteiger partial charge is 0.492 e. The predicted molar refractivity (Wildman–Crippen MR) is 151 cm³/mol. The average molecular weight is 513 g/mol. The van der Waals surface area contributed by atoms with E-state index in [4.69, 9.17) is 14.0 Å². The summed E-state index contributed by atoms with van der Waals surface area (Å²) < 4.78 is 18.3. The Labute approximate surface area is 224 Å². The number of benzene rings is 3. The van der Waals surface area contributed by atoms with Gasteiger partial charge in [-0.2, -0.15) is 0 Å². The van der Waals surface area contributed by atoms with Crippen molar-refractivity contribution in [3.63, 3.8) is 0 Å². The molecule has 1 saturated heterocycles. The number of alkyl carbamates (subject to hydrolysis) is 1. The van der Waals surface area contributed by atoms with Gasteiger partial charge >= 0.3 is 13.2 Å². The molecule has 1 N–H and O–H groups in total. The molecule has 0 unspecified atom stereocenters. The van der Waals surface area contributed by atoms with Gasteiger partial charge < -0.3 is 19.4 Å². The van der Waals surface area contributed by atoms with E-state index in [0.717, 1.165) is 15.9 Å². The van der Waals surface area contributed by atoms with E-state index in [-0.39, 0.29) is 19.1 Å². The summed E-state index contributed by atoms with van der Waals surface area (Å²) in [5.41, 5.74) is 5.56. The highest BCUT2D eigenvalue weighted by Crippen LogP contribution is 2.44. The summed E-state index contributed by atoms with van der Waals surface area (Å²) in [5.74, 6) is 0.0102. The van der Waals surface area contributed by atoms with E-state index < -0.39 is 24.4 Å². The molecule has 5 rings (SSSR count). The number of carbonyl (C=O) groups is 1. The minimum atomic E-state index is -0.588. The van der Waals surface area contributed by atoms with E-state index in [1.54, 1.807) is 0 Å². The molecule has 0 bridgehead atoms. The van der Waals surface area contributed by atoms with Gasteiger partial charge in [0, 0.05) is 17.4 Å². The molecule has 1 amide bonds. The fourth-order valence-corrected chi connectivity index (χ4v) is 4.95. The summed E-state index contributed by atoms with van der Waals surface area (Å²) in [7, 11) is -0.588. The minimum Gasteiger partial charge on any atom is -0.449 e. The van der Waals surface area contributed by atoms with Gasteiger partial charge in [-0.3, -0.25) is 0 Å². The van der Waals surface area contributed by atoms with Gasteiger partial charge in [0.25, 0.3) is 0 Å². The van der Waals surface area contributed by atoms with Crippen LogP contribution in [-0.2, 0) is 14.0 Å². The summed E-state index contributed by atoms with van der Waals surface area (Å²) in [6, 6.07) is 24.4. The second-order valence-electron chi connectivity index (χ2n) is 10.6. The number of thiol groups is 1. The van der Waals surface area contributed by atoms with E-state index in [9.17, 15) is 4.79 Å². The highest BCUT2D eigenvalue weighted by atomic mass is 32.1. The zero-order valence-electron chi connectivity index (χ0n) is 21.7. The Morgan fingerprint density at radius 2 is 1.46 bits per heavy atom. The topological polar surface area (TPSA) is 56.8 Å². The third-order valence-electron chi connectivity index (χ3n) is 7.58. The van der Waals surface area contributed by atoms with E-state index in [1.165, 1.54) is 22.3 Å². The summed E-state index contributed by atoms with van der Waals surface area (Å²) in [5, 5.41) is 2.91.